The first-order chi connectivity index (χ1) is 17.4. The molecule has 1 aliphatic carbocycles. The van der Waals surface area contributed by atoms with Gasteiger partial charge < -0.3 is 14.5 Å². The number of oxime groups is 1. The average Bonchev–Trinajstić information content (AvgIpc) is 3.20. The van der Waals surface area contributed by atoms with E-state index < -0.39 is 12.1 Å². The van der Waals surface area contributed by atoms with Crippen LogP contribution >= 0.6 is 0 Å². The molecule has 0 spiro atoms. The summed E-state index contributed by atoms with van der Waals surface area (Å²) in [6.07, 6.45) is 5.82. The standard InChI is InChI=1S/C31H34N2O3/c1-20-9-7-8-12-26(20)31(35)25-14-16-30-28(18-25)27-17-24(21(2)32-36-22(3)34)13-15-29(27)33(30)19-23-10-5-4-6-11-23/h7-9,12-18,23,31,35H,4-6,10-11,19H2,1-3H3/b32-21+. The SMILES string of the molecule is CC(=O)O/N=C(\C)c1ccc2c(c1)c1cc(C(O)c3ccccc3C)ccc1n2CC1CCCCC1. The molecule has 1 aliphatic rings. The highest BCUT2D eigenvalue weighted by atomic mass is 16.7. The highest BCUT2D eigenvalue weighted by molar-refractivity contribution is 6.11. The van der Waals surface area contributed by atoms with Crippen molar-refractivity contribution in [1.82, 2.24) is 4.57 Å². The van der Waals surface area contributed by atoms with Gasteiger partial charge in [-0.15, -0.1) is 0 Å². The van der Waals surface area contributed by atoms with Crippen LogP contribution in [0.15, 0.2) is 65.8 Å². The van der Waals surface area contributed by atoms with E-state index in [0.717, 1.165) is 39.6 Å². The minimum atomic E-state index is -0.692. The summed E-state index contributed by atoms with van der Waals surface area (Å²) in [6.45, 7) is 6.23. The Morgan fingerprint density at radius 2 is 1.69 bits per heavy atom. The molecule has 186 valence electrons. The lowest BCUT2D eigenvalue weighted by molar-refractivity contribution is -0.140. The summed E-state index contributed by atoms with van der Waals surface area (Å²) in [5.41, 5.74) is 6.80. The summed E-state index contributed by atoms with van der Waals surface area (Å²) in [5.74, 6) is 0.246. The summed E-state index contributed by atoms with van der Waals surface area (Å²) >= 11 is 0. The Morgan fingerprint density at radius 3 is 2.42 bits per heavy atom. The van der Waals surface area contributed by atoms with Gasteiger partial charge in [0.05, 0.1) is 5.71 Å². The lowest BCUT2D eigenvalue weighted by Gasteiger charge is -2.23. The first kappa shape index (κ1) is 24.3. The third kappa shape index (κ3) is 4.80. The van der Waals surface area contributed by atoms with Crippen LogP contribution in [0.2, 0.25) is 0 Å². The van der Waals surface area contributed by atoms with Crippen molar-refractivity contribution >= 4 is 33.5 Å². The van der Waals surface area contributed by atoms with Gasteiger partial charge in [0.15, 0.2) is 0 Å². The molecule has 36 heavy (non-hydrogen) atoms. The van der Waals surface area contributed by atoms with Crippen molar-refractivity contribution in [2.24, 2.45) is 11.1 Å². The average molecular weight is 483 g/mol. The predicted octanol–water partition coefficient (Wildman–Crippen LogP) is 7.05. The fourth-order valence-electron chi connectivity index (χ4n) is 5.60. The summed E-state index contributed by atoms with van der Waals surface area (Å²) in [4.78, 5) is 16.1. The molecule has 0 saturated heterocycles. The second-order valence-corrected chi connectivity index (χ2v) is 10.1. The monoisotopic (exact) mass is 482 g/mol. The highest BCUT2D eigenvalue weighted by Gasteiger charge is 2.20. The van der Waals surface area contributed by atoms with E-state index in [2.05, 4.69) is 40.1 Å². The van der Waals surface area contributed by atoms with E-state index in [-0.39, 0.29) is 0 Å². The van der Waals surface area contributed by atoms with E-state index in [4.69, 9.17) is 4.84 Å². The summed E-state index contributed by atoms with van der Waals surface area (Å²) < 4.78 is 2.45. The molecule has 5 nitrogen and oxygen atoms in total. The normalized spacial score (nSPS) is 15.9. The number of benzene rings is 3. The van der Waals surface area contributed by atoms with E-state index in [0.29, 0.717) is 11.6 Å². The minimum absolute atomic E-state index is 0.436. The Morgan fingerprint density at radius 1 is 1.00 bits per heavy atom. The smallest absolute Gasteiger partial charge is 0.331 e. The molecule has 0 radical (unpaired) electrons. The molecule has 1 heterocycles. The van der Waals surface area contributed by atoms with Crippen LogP contribution in [0, 0.1) is 12.8 Å². The van der Waals surface area contributed by atoms with Crippen LogP contribution in [0.4, 0.5) is 0 Å². The van der Waals surface area contributed by atoms with Gasteiger partial charge in [0.25, 0.3) is 0 Å². The van der Waals surface area contributed by atoms with E-state index in [1.165, 1.54) is 50.1 Å². The van der Waals surface area contributed by atoms with Crippen molar-refractivity contribution in [3.8, 4) is 0 Å². The molecule has 0 amide bonds. The van der Waals surface area contributed by atoms with Gasteiger partial charge in [-0.2, -0.15) is 0 Å². The number of hydrogen-bond donors (Lipinski definition) is 1. The molecule has 1 N–H and O–H groups in total. The number of nitrogens with zero attached hydrogens (tertiary/aromatic N) is 2. The maximum absolute atomic E-state index is 11.3. The molecule has 0 aliphatic heterocycles. The summed E-state index contributed by atoms with van der Waals surface area (Å²) in [5, 5.41) is 17.5. The number of rotatable bonds is 6. The van der Waals surface area contributed by atoms with Crippen molar-refractivity contribution in [1.29, 1.82) is 0 Å². The maximum Gasteiger partial charge on any atom is 0.331 e. The lowest BCUT2D eigenvalue weighted by Crippen LogP contribution is -2.14. The number of fused-ring (bicyclic) bond motifs is 3. The van der Waals surface area contributed by atoms with Crippen molar-refractivity contribution in [3.63, 3.8) is 0 Å². The molecular formula is C31H34N2O3. The Balaban J connectivity index is 1.64. The van der Waals surface area contributed by atoms with Crippen LogP contribution in [-0.2, 0) is 16.2 Å². The zero-order valence-corrected chi connectivity index (χ0v) is 21.3. The van der Waals surface area contributed by atoms with Crippen molar-refractivity contribution in [2.45, 2.75) is 65.5 Å². The van der Waals surface area contributed by atoms with Gasteiger partial charge in [-0.1, -0.05) is 60.8 Å². The van der Waals surface area contributed by atoms with Gasteiger partial charge in [0, 0.05) is 35.3 Å². The topological polar surface area (TPSA) is 63.8 Å². The van der Waals surface area contributed by atoms with Crippen molar-refractivity contribution in [3.05, 3.63) is 82.9 Å². The number of hydrogen-bond acceptors (Lipinski definition) is 4. The van der Waals surface area contributed by atoms with Crippen molar-refractivity contribution in [2.75, 3.05) is 0 Å². The highest BCUT2D eigenvalue weighted by Crippen LogP contribution is 2.36. The number of aromatic nitrogens is 1. The largest absolute Gasteiger partial charge is 0.384 e. The molecule has 3 aromatic carbocycles. The lowest BCUT2D eigenvalue weighted by atomic mass is 9.89. The number of carbonyl (C=O) groups excluding carboxylic acids is 1. The third-order valence-corrected chi connectivity index (χ3v) is 7.58. The fraction of sp³-hybridized carbons (Fsp3) is 0.355. The van der Waals surface area contributed by atoms with Crippen LogP contribution in [0.25, 0.3) is 21.8 Å². The number of aliphatic hydroxyl groups excluding tert-OH is 1. The first-order valence-corrected chi connectivity index (χ1v) is 12.9. The van der Waals surface area contributed by atoms with Crippen LogP contribution in [0.3, 0.4) is 0 Å². The molecular weight excluding hydrogens is 448 g/mol. The summed E-state index contributed by atoms with van der Waals surface area (Å²) in [7, 11) is 0. The van der Waals surface area contributed by atoms with Crippen LogP contribution in [0.1, 0.15) is 74.3 Å². The second kappa shape index (κ2) is 10.3. The molecule has 1 unspecified atom stereocenters. The van der Waals surface area contributed by atoms with Crippen molar-refractivity contribution < 1.29 is 14.7 Å². The van der Waals surface area contributed by atoms with Crippen LogP contribution in [-0.4, -0.2) is 21.4 Å². The van der Waals surface area contributed by atoms with Gasteiger partial charge in [0.1, 0.15) is 6.10 Å². The molecule has 1 saturated carbocycles. The Bertz CT molecular complexity index is 1440. The number of aliphatic hydroxyl groups is 1. The fourth-order valence-corrected chi connectivity index (χ4v) is 5.60. The molecule has 1 fully saturated rings. The minimum Gasteiger partial charge on any atom is -0.384 e. The number of aryl methyl sites for hydroxylation is 1. The third-order valence-electron chi connectivity index (χ3n) is 7.58. The first-order valence-electron chi connectivity index (χ1n) is 12.9. The van der Waals surface area contributed by atoms with Crippen LogP contribution < -0.4 is 0 Å². The summed E-state index contributed by atoms with van der Waals surface area (Å²) in [6, 6.07) is 20.7. The van der Waals surface area contributed by atoms with E-state index in [1.54, 1.807) is 0 Å². The number of carbonyl (C=O) groups is 1. The maximum atomic E-state index is 11.3. The van der Waals surface area contributed by atoms with E-state index in [1.807, 2.05) is 44.2 Å². The van der Waals surface area contributed by atoms with Gasteiger partial charge in [-0.3, -0.25) is 0 Å². The van der Waals surface area contributed by atoms with E-state index in [9.17, 15) is 9.90 Å². The molecule has 1 aromatic heterocycles. The van der Waals surface area contributed by atoms with Gasteiger partial charge in [0.2, 0.25) is 0 Å². The van der Waals surface area contributed by atoms with Gasteiger partial charge in [-0.25, -0.2) is 4.79 Å². The molecule has 5 rings (SSSR count). The molecule has 4 aromatic rings. The Kier molecular flexibility index (Phi) is 6.92. The molecule has 0 bridgehead atoms. The Hall–Kier alpha value is -3.44. The zero-order valence-electron chi connectivity index (χ0n) is 21.3. The quantitative estimate of drug-likeness (QED) is 0.182. The predicted molar refractivity (Wildman–Crippen MR) is 145 cm³/mol. The molecule has 1 atom stereocenters. The van der Waals surface area contributed by atoms with Gasteiger partial charge >= 0.3 is 5.97 Å². The van der Waals surface area contributed by atoms with Crippen LogP contribution in [0.5, 0.6) is 0 Å². The Labute approximate surface area is 212 Å². The van der Waals surface area contributed by atoms with Gasteiger partial charge in [-0.05, 0) is 79.1 Å². The second-order valence-electron chi connectivity index (χ2n) is 10.1. The van der Waals surface area contributed by atoms with E-state index >= 15 is 0 Å². The zero-order chi connectivity index (χ0) is 25.2. The molecule has 5 heteroatoms.